The molecule has 0 spiro atoms. The quantitative estimate of drug-likeness (QED) is 0.0828. The lowest BCUT2D eigenvalue weighted by atomic mass is 9.91. The van der Waals surface area contributed by atoms with Gasteiger partial charge in [-0.15, -0.1) is 6.58 Å². The van der Waals surface area contributed by atoms with Crippen LogP contribution in [-0.4, -0.2) is 0 Å². The lowest BCUT2D eigenvalue weighted by Gasteiger charge is -2.26. The van der Waals surface area contributed by atoms with Gasteiger partial charge in [0.2, 0.25) is 0 Å². The van der Waals surface area contributed by atoms with E-state index < -0.39 is 0 Å². The number of benzene rings is 8. The molecule has 0 heterocycles. The minimum absolute atomic E-state index is 1.08. The highest BCUT2D eigenvalue weighted by Gasteiger charge is 2.15. The molecule has 0 saturated heterocycles. The van der Waals surface area contributed by atoms with Gasteiger partial charge < -0.3 is 4.90 Å². The maximum Gasteiger partial charge on any atom is 0.0462 e. The number of aryl methyl sites for hydroxylation is 2. The van der Waals surface area contributed by atoms with Gasteiger partial charge in [0.25, 0.3) is 0 Å². The summed E-state index contributed by atoms with van der Waals surface area (Å²) in [4.78, 5) is 2.34. The summed E-state index contributed by atoms with van der Waals surface area (Å²) in [6.07, 6.45) is 14.7. The summed E-state index contributed by atoms with van der Waals surface area (Å²) in [6, 6.07) is 72.4. The summed E-state index contributed by atoms with van der Waals surface area (Å²) in [5.74, 6) is 0. The first-order valence-electron chi connectivity index (χ1n) is 22.1. The molecule has 310 valence electrons. The lowest BCUT2D eigenvalue weighted by molar-refractivity contribution is 0.923. The molecule has 0 N–H and O–H groups in total. The van der Waals surface area contributed by atoms with Gasteiger partial charge in [0, 0.05) is 17.1 Å². The maximum atomic E-state index is 3.36. The molecule has 8 aromatic carbocycles. The smallest absolute Gasteiger partial charge is 0.0462 e. The summed E-state index contributed by atoms with van der Waals surface area (Å²) in [5, 5.41) is 0. The Balaban J connectivity index is 0.00000193. The van der Waals surface area contributed by atoms with E-state index in [-0.39, 0.29) is 0 Å². The van der Waals surface area contributed by atoms with Crippen LogP contribution in [0.1, 0.15) is 49.4 Å². The van der Waals surface area contributed by atoms with Crippen molar-refractivity contribution in [2.24, 2.45) is 0 Å². The van der Waals surface area contributed by atoms with E-state index in [0.717, 1.165) is 35.5 Å². The molecule has 0 aliphatic carbocycles. The highest BCUT2D eigenvalue weighted by Crippen LogP contribution is 2.38. The van der Waals surface area contributed by atoms with Gasteiger partial charge >= 0.3 is 0 Å². The molecule has 0 unspecified atom stereocenters. The molecule has 1 nitrogen and oxygen atoms in total. The van der Waals surface area contributed by atoms with Gasteiger partial charge in [-0.2, -0.15) is 0 Å². The van der Waals surface area contributed by atoms with Crippen molar-refractivity contribution in [2.75, 3.05) is 4.90 Å². The van der Waals surface area contributed by atoms with Gasteiger partial charge in [-0.1, -0.05) is 208 Å². The van der Waals surface area contributed by atoms with Crippen LogP contribution in [0.15, 0.2) is 237 Å². The van der Waals surface area contributed by atoms with Crippen LogP contribution in [0.2, 0.25) is 0 Å². The molecule has 8 aromatic rings. The van der Waals surface area contributed by atoms with Crippen molar-refractivity contribution < 1.29 is 0 Å². The average Bonchev–Trinajstić information content (AvgIpc) is 3.34. The summed E-state index contributed by atoms with van der Waals surface area (Å²) < 4.78 is 0. The molecule has 0 aromatic heterocycles. The third kappa shape index (κ3) is 11.1. The summed E-state index contributed by atoms with van der Waals surface area (Å²) in [7, 11) is 0. The minimum atomic E-state index is 1.08. The summed E-state index contributed by atoms with van der Waals surface area (Å²) >= 11 is 0. The zero-order chi connectivity index (χ0) is 43.8. The Morgan fingerprint density at radius 3 is 1.51 bits per heavy atom. The van der Waals surface area contributed by atoms with Crippen LogP contribution in [0, 0.1) is 6.92 Å². The van der Waals surface area contributed by atoms with Gasteiger partial charge in [-0.05, 0) is 142 Å². The lowest BCUT2D eigenvalue weighted by Crippen LogP contribution is -2.09. The molecule has 8 rings (SSSR count). The number of allylic oxidation sites excluding steroid dienone is 6. The maximum absolute atomic E-state index is 3.36. The number of nitrogens with zero attached hydrogens (tertiary/aromatic N) is 1. The normalized spacial score (nSPS) is 11.3. The molecular formula is C62H57N. The van der Waals surface area contributed by atoms with Crippen LogP contribution in [0.25, 0.3) is 56.2 Å². The summed E-state index contributed by atoms with van der Waals surface area (Å²) in [6.45, 7) is 11.8. The van der Waals surface area contributed by atoms with Crippen molar-refractivity contribution in [2.45, 2.75) is 40.5 Å². The fraction of sp³-hybridized carbons (Fsp3) is 0.0968. The van der Waals surface area contributed by atoms with E-state index in [1.54, 1.807) is 6.08 Å². The Hall–Kier alpha value is -7.48. The first-order chi connectivity index (χ1) is 31.0. The van der Waals surface area contributed by atoms with Gasteiger partial charge in [-0.3, -0.25) is 0 Å². The third-order valence-corrected chi connectivity index (χ3v) is 11.1. The Bertz CT molecular complexity index is 2770. The second-order valence-electron chi connectivity index (χ2n) is 15.7. The SMILES string of the molecule is C=CC.C\C=C/C(=C\C=C\c1ccc(N(c2ccc(-c3ccccc3)cc2)c2ccc(-c3ccc(C)c(-c4ccccc4CCC)c3)cc2)cc1)c1ccc(-c2ccccc2)cc1. The van der Waals surface area contributed by atoms with Crippen LogP contribution in [0.3, 0.4) is 0 Å². The Labute approximate surface area is 376 Å². The van der Waals surface area contributed by atoms with Gasteiger partial charge in [0.1, 0.15) is 0 Å². The highest BCUT2D eigenvalue weighted by atomic mass is 15.1. The largest absolute Gasteiger partial charge is 0.311 e. The molecule has 0 bridgehead atoms. The molecule has 0 aliphatic heterocycles. The Morgan fingerprint density at radius 2 is 0.968 bits per heavy atom. The monoisotopic (exact) mass is 815 g/mol. The first kappa shape index (κ1) is 43.6. The van der Waals surface area contributed by atoms with Crippen molar-refractivity contribution in [3.05, 3.63) is 259 Å². The van der Waals surface area contributed by atoms with Crippen LogP contribution in [0.5, 0.6) is 0 Å². The molecular weight excluding hydrogens is 759 g/mol. The number of hydrogen-bond acceptors (Lipinski definition) is 1. The van der Waals surface area contributed by atoms with E-state index in [0.29, 0.717) is 0 Å². The van der Waals surface area contributed by atoms with Gasteiger partial charge in [0.05, 0.1) is 0 Å². The fourth-order valence-corrected chi connectivity index (χ4v) is 7.96. The van der Waals surface area contributed by atoms with Crippen molar-refractivity contribution in [1.82, 2.24) is 0 Å². The predicted molar refractivity (Wildman–Crippen MR) is 276 cm³/mol. The van der Waals surface area contributed by atoms with E-state index in [1.807, 2.05) is 6.92 Å². The molecule has 0 atom stereocenters. The fourth-order valence-electron chi connectivity index (χ4n) is 7.96. The number of rotatable bonds is 13. The Kier molecular flexibility index (Phi) is 15.1. The molecule has 0 aliphatic rings. The van der Waals surface area contributed by atoms with E-state index in [1.165, 1.54) is 66.8 Å². The summed E-state index contributed by atoms with van der Waals surface area (Å²) in [5.41, 5.74) is 19.4. The van der Waals surface area contributed by atoms with E-state index in [2.05, 4.69) is 263 Å². The van der Waals surface area contributed by atoms with Gasteiger partial charge in [0.15, 0.2) is 0 Å². The zero-order valence-corrected chi connectivity index (χ0v) is 37.1. The molecule has 0 saturated carbocycles. The second kappa shape index (κ2) is 21.9. The molecule has 0 radical (unpaired) electrons. The predicted octanol–water partition coefficient (Wildman–Crippen LogP) is 18.0. The topological polar surface area (TPSA) is 3.24 Å². The van der Waals surface area contributed by atoms with Crippen LogP contribution < -0.4 is 4.90 Å². The van der Waals surface area contributed by atoms with Gasteiger partial charge in [-0.25, -0.2) is 0 Å². The van der Waals surface area contributed by atoms with Crippen LogP contribution in [-0.2, 0) is 6.42 Å². The van der Waals surface area contributed by atoms with E-state index in [9.17, 15) is 0 Å². The zero-order valence-electron chi connectivity index (χ0n) is 37.1. The standard InChI is InChI=1S/C59H51N.C3H6/c1-4-15-46(49-29-31-50(32-30-49)47-18-8-6-9-19-47)23-14-17-45-26-37-55(38-27-45)60(56-39-33-51(34-40-56)48-20-10-7-11-21-48)57-41-35-52(36-42-57)54-28-25-44(3)59(43-54)58-24-13-12-22-53(58)16-5-2;1-3-2/h4,6-15,17-43H,5,16H2,1-3H3;3H,1H2,2H3/b15-4-,17-14+,46-23+;. The third-order valence-electron chi connectivity index (χ3n) is 11.1. The molecule has 63 heavy (non-hydrogen) atoms. The van der Waals surface area contributed by atoms with E-state index in [4.69, 9.17) is 0 Å². The van der Waals surface area contributed by atoms with Crippen molar-refractivity contribution >= 4 is 28.7 Å². The Morgan fingerprint density at radius 1 is 0.508 bits per heavy atom. The van der Waals surface area contributed by atoms with Crippen molar-refractivity contribution in [3.8, 4) is 44.5 Å². The van der Waals surface area contributed by atoms with Crippen molar-refractivity contribution in [3.63, 3.8) is 0 Å². The number of anilines is 3. The van der Waals surface area contributed by atoms with Crippen LogP contribution in [0.4, 0.5) is 17.1 Å². The molecule has 0 amide bonds. The molecule has 0 fully saturated rings. The van der Waals surface area contributed by atoms with Crippen molar-refractivity contribution in [1.29, 1.82) is 0 Å². The number of hydrogen-bond donors (Lipinski definition) is 0. The average molecular weight is 816 g/mol. The van der Waals surface area contributed by atoms with Crippen LogP contribution >= 0.6 is 0 Å². The molecule has 1 heteroatoms. The second-order valence-corrected chi connectivity index (χ2v) is 15.7. The highest BCUT2D eigenvalue weighted by molar-refractivity contribution is 5.83. The minimum Gasteiger partial charge on any atom is -0.311 e. The first-order valence-corrected chi connectivity index (χ1v) is 22.1. The van der Waals surface area contributed by atoms with E-state index >= 15 is 0 Å².